The number of ether oxygens (including phenoxy) is 3. The van der Waals surface area contributed by atoms with Crippen molar-refractivity contribution in [3.8, 4) is 22.6 Å². The van der Waals surface area contributed by atoms with Gasteiger partial charge in [-0.3, -0.25) is 4.79 Å². The van der Waals surface area contributed by atoms with E-state index in [1.807, 2.05) is 12.1 Å². The summed E-state index contributed by atoms with van der Waals surface area (Å²) < 4.78 is 15.3. The molecule has 1 aromatic heterocycles. The second-order valence-electron chi connectivity index (χ2n) is 4.39. The Morgan fingerprint density at radius 2 is 1.82 bits per heavy atom. The van der Waals surface area contributed by atoms with E-state index in [-0.39, 0.29) is 17.9 Å². The molecule has 0 spiro atoms. The molecule has 116 valence electrons. The summed E-state index contributed by atoms with van der Waals surface area (Å²) in [7, 11) is 2.99. The average Bonchev–Trinajstić information content (AvgIpc) is 2.54. The summed E-state index contributed by atoms with van der Waals surface area (Å²) >= 11 is 0. The number of aromatic amines is 1. The Kier molecular flexibility index (Phi) is 4.83. The third kappa shape index (κ3) is 2.95. The van der Waals surface area contributed by atoms with Gasteiger partial charge in [-0.1, -0.05) is 12.1 Å². The summed E-state index contributed by atoms with van der Waals surface area (Å²) in [4.78, 5) is 26.5. The van der Waals surface area contributed by atoms with Crippen molar-refractivity contribution < 1.29 is 19.0 Å². The lowest BCUT2D eigenvalue weighted by Crippen LogP contribution is -2.21. The summed E-state index contributed by atoms with van der Waals surface area (Å²) in [5, 5.41) is 0. The molecular formula is C16H17NO5. The van der Waals surface area contributed by atoms with Crippen molar-refractivity contribution in [2.24, 2.45) is 0 Å². The smallest absolute Gasteiger partial charge is 0.347 e. The van der Waals surface area contributed by atoms with Gasteiger partial charge in [-0.25, -0.2) is 4.79 Å². The third-order valence-electron chi connectivity index (χ3n) is 3.13. The van der Waals surface area contributed by atoms with Crippen LogP contribution < -0.4 is 15.0 Å². The van der Waals surface area contributed by atoms with Crippen molar-refractivity contribution in [1.29, 1.82) is 0 Å². The Labute approximate surface area is 127 Å². The number of rotatable bonds is 5. The van der Waals surface area contributed by atoms with E-state index in [1.54, 1.807) is 26.2 Å². The number of H-pyrrole nitrogens is 1. The molecule has 0 fully saturated rings. The molecule has 0 aliphatic carbocycles. The maximum atomic E-state index is 12.0. The molecule has 2 rings (SSSR count). The SMILES string of the molecule is CCOC(=O)c1c(OC)c(-c2ccc(OC)cc2)c[nH]c1=O. The predicted molar refractivity (Wildman–Crippen MR) is 81.6 cm³/mol. The van der Waals surface area contributed by atoms with E-state index in [0.29, 0.717) is 11.3 Å². The number of hydrogen-bond acceptors (Lipinski definition) is 5. The maximum absolute atomic E-state index is 12.0. The summed E-state index contributed by atoms with van der Waals surface area (Å²) in [5.41, 5.74) is 0.678. The first-order valence-electron chi connectivity index (χ1n) is 6.73. The Balaban J connectivity index is 2.58. The van der Waals surface area contributed by atoms with Gasteiger partial charge >= 0.3 is 5.97 Å². The molecule has 2 aromatic rings. The van der Waals surface area contributed by atoms with Crippen molar-refractivity contribution in [1.82, 2.24) is 4.98 Å². The standard InChI is InChI=1S/C16H17NO5/c1-4-22-16(19)13-14(21-3)12(9-17-15(13)18)10-5-7-11(20-2)8-6-10/h5-9H,4H2,1-3H3,(H,17,18). The molecule has 0 atom stereocenters. The van der Waals surface area contributed by atoms with Gasteiger partial charge in [-0.2, -0.15) is 0 Å². The van der Waals surface area contributed by atoms with Gasteiger partial charge in [0.25, 0.3) is 5.56 Å². The van der Waals surface area contributed by atoms with Crippen LogP contribution in [0.2, 0.25) is 0 Å². The number of nitrogens with one attached hydrogen (secondary N) is 1. The number of esters is 1. The second kappa shape index (κ2) is 6.80. The summed E-state index contributed by atoms with van der Waals surface area (Å²) in [6, 6.07) is 7.18. The van der Waals surface area contributed by atoms with E-state index in [1.165, 1.54) is 13.3 Å². The van der Waals surface area contributed by atoms with E-state index in [9.17, 15) is 9.59 Å². The van der Waals surface area contributed by atoms with Crippen LogP contribution in [0.3, 0.4) is 0 Å². The van der Waals surface area contributed by atoms with Gasteiger partial charge in [-0.15, -0.1) is 0 Å². The van der Waals surface area contributed by atoms with Crippen LogP contribution in [0, 0.1) is 0 Å². The molecule has 1 N–H and O–H groups in total. The number of aromatic nitrogens is 1. The number of carbonyl (C=O) groups excluding carboxylic acids is 1. The van der Waals surface area contributed by atoms with Gasteiger partial charge in [0.2, 0.25) is 0 Å². The molecule has 0 radical (unpaired) electrons. The van der Waals surface area contributed by atoms with Crippen LogP contribution in [0.4, 0.5) is 0 Å². The number of pyridine rings is 1. The Bertz CT molecular complexity index is 718. The van der Waals surface area contributed by atoms with Gasteiger partial charge in [0.05, 0.1) is 20.8 Å². The first kappa shape index (κ1) is 15.6. The zero-order chi connectivity index (χ0) is 16.1. The van der Waals surface area contributed by atoms with Crippen molar-refractivity contribution in [3.05, 3.63) is 46.4 Å². The average molecular weight is 303 g/mol. The quantitative estimate of drug-likeness (QED) is 0.857. The molecule has 0 aliphatic heterocycles. The lowest BCUT2D eigenvalue weighted by molar-refractivity contribution is 0.0520. The van der Waals surface area contributed by atoms with Crippen LogP contribution in [-0.2, 0) is 4.74 Å². The van der Waals surface area contributed by atoms with Crippen molar-refractivity contribution in [2.45, 2.75) is 6.92 Å². The zero-order valence-electron chi connectivity index (χ0n) is 12.6. The first-order chi connectivity index (χ1) is 10.6. The number of benzene rings is 1. The molecular weight excluding hydrogens is 286 g/mol. The van der Waals surface area contributed by atoms with Crippen LogP contribution in [0.5, 0.6) is 11.5 Å². The Morgan fingerprint density at radius 1 is 1.14 bits per heavy atom. The molecule has 0 aliphatic rings. The van der Waals surface area contributed by atoms with Gasteiger partial charge in [-0.05, 0) is 24.6 Å². The highest BCUT2D eigenvalue weighted by atomic mass is 16.5. The van der Waals surface area contributed by atoms with Crippen LogP contribution >= 0.6 is 0 Å². The van der Waals surface area contributed by atoms with Crippen LogP contribution in [0.25, 0.3) is 11.1 Å². The minimum atomic E-state index is -0.712. The topological polar surface area (TPSA) is 77.6 Å². The number of hydrogen-bond donors (Lipinski definition) is 1. The molecule has 6 nitrogen and oxygen atoms in total. The highest BCUT2D eigenvalue weighted by Crippen LogP contribution is 2.32. The van der Waals surface area contributed by atoms with Crippen LogP contribution in [0.1, 0.15) is 17.3 Å². The molecule has 0 bridgehead atoms. The molecule has 1 aromatic carbocycles. The van der Waals surface area contributed by atoms with Crippen molar-refractivity contribution in [3.63, 3.8) is 0 Å². The fourth-order valence-corrected chi connectivity index (χ4v) is 2.10. The molecule has 0 saturated carbocycles. The van der Waals surface area contributed by atoms with Gasteiger partial charge in [0.1, 0.15) is 11.5 Å². The lowest BCUT2D eigenvalue weighted by atomic mass is 10.0. The van der Waals surface area contributed by atoms with E-state index in [2.05, 4.69) is 4.98 Å². The molecule has 6 heteroatoms. The largest absolute Gasteiger partial charge is 0.497 e. The minimum Gasteiger partial charge on any atom is -0.497 e. The fourth-order valence-electron chi connectivity index (χ4n) is 2.10. The molecule has 0 unspecified atom stereocenters. The molecule has 22 heavy (non-hydrogen) atoms. The van der Waals surface area contributed by atoms with E-state index < -0.39 is 11.5 Å². The van der Waals surface area contributed by atoms with E-state index >= 15 is 0 Å². The summed E-state index contributed by atoms with van der Waals surface area (Å²) in [5.74, 6) is 0.182. The predicted octanol–water partition coefficient (Wildman–Crippen LogP) is 2.24. The molecule has 0 saturated heterocycles. The fraction of sp³-hybridized carbons (Fsp3) is 0.250. The van der Waals surface area contributed by atoms with Gasteiger partial charge < -0.3 is 19.2 Å². The van der Waals surface area contributed by atoms with Gasteiger partial charge in [0.15, 0.2) is 5.56 Å². The third-order valence-corrected chi connectivity index (χ3v) is 3.13. The monoisotopic (exact) mass is 303 g/mol. The van der Waals surface area contributed by atoms with Crippen LogP contribution in [-0.4, -0.2) is 31.8 Å². The minimum absolute atomic E-state index is 0.141. The lowest BCUT2D eigenvalue weighted by Gasteiger charge is -2.12. The maximum Gasteiger partial charge on any atom is 0.347 e. The normalized spacial score (nSPS) is 10.1. The second-order valence-corrected chi connectivity index (χ2v) is 4.39. The van der Waals surface area contributed by atoms with E-state index in [0.717, 1.165) is 5.56 Å². The Morgan fingerprint density at radius 3 is 2.36 bits per heavy atom. The number of methoxy groups -OCH3 is 2. The highest BCUT2D eigenvalue weighted by Gasteiger charge is 2.22. The summed E-state index contributed by atoms with van der Waals surface area (Å²) in [6.07, 6.45) is 1.51. The zero-order valence-corrected chi connectivity index (χ0v) is 12.6. The van der Waals surface area contributed by atoms with Crippen LogP contribution in [0.15, 0.2) is 35.3 Å². The first-order valence-corrected chi connectivity index (χ1v) is 6.73. The Hall–Kier alpha value is -2.76. The van der Waals surface area contributed by atoms with Crippen molar-refractivity contribution >= 4 is 5.97 Å². The van der Waals surface area contributed by atoms with E-state index in [4.69, 9.17) is 14.2 Å². The highest BCUT2D eigenvalue weighted by molar-refractivity contribution is 5.95. The van der Waals surface area contributed by atoms with Crippen molar-refractivity contribution in [2.75, 3.05) is 20.8 Å². The molecule has 1 heterocycles. The summed E-state index contributed by atoms with van der Waals surface area (Å²) in [6.45, 7) is 1.85. The van der Waals surface area contributed by atoms with Gasteiger partial charge in [0, 0.05) is 11.8 Å². The number of carbonyl (C=O) groups is 1. The molecule has 0 amide bonds.